The molecule has 0 aliphatic heterocycles. The van der Waals surface area contributed by atoms with Crippen molar-refractivity contribution in [3.63, 3.8) is 0 Å². The summed E-state index contributed by atoms with van der Waals surface area (Å²) in [5.74, 6) is -2.22. The van der Waals surface area contributed by atoms with Gasteiger partial charge in [0.05, 0.1) is 7.11 Å². The number of ether oxygens (including phenoxy) is 1. The van der Waals surface area contributed by atoms with Crippen molar-refractivity contribution in [1.29, 1.82) is 0 Å². The second-order valence-corrected chi connectivity index (χ2v) is 3.44. The van der Waals surface area contributed by atoms with Crippen LogP contribution in [0.3, 0.4) is 0 Å². The largest absolute Gasteiger partial charge is 0.468 e. The number of hydrogen-bond donors (Lipinski definition) is 1. The first-order valence-electron chi connectivity index (χ1n) is 4.22. The molecule has 16 heavy (non-hydrogen) atoms. The zero-order valence-electron chi connectivity index (χ0n) is 9.09. The maximum absolute atomic E-state index is 12.4. The van der Waals surface area contributed by atoms with E-state index in [1.165, 1.54) is 0 Å². The fourth-order valence-electron chi connectivity index (χ4n) is 0.848. The number of rotatable bonds is 3. The number of alkyl halides is 3. The molecule has 0 heterocycles. The van der Waals surface area contributed by atoms with Gasteiger partial charge in [-0.05, 0) is 6.92 Å². The maximum Gasteiger partial charge on any atom is 0.415 e. The Balaban J connectivity index is 4.74. The zero-order chi connectivity index (χ0) is 13.1. The van der Waals surface area contributed by atoms with Crippen LogP contribution in [0.25, 0.3) is 0 Å². The van der Waals surface area contributed by atoms with Crippen molar-refractivity contribution in [2.24, 2.45) is 5.73 Å². The summed E-state index contributed by atoms with van der Waals surface area (Å²) in [4.78, 5) is 22.7. The second-order valence-electron chi connectivity index (χ2n) is 3.44. The molecule has 0 bridgehead atoms. The van der Waals surface area contributed by atoms with E-state index in [1.54, 1.807) is 0 Å². The monoisotopic (exact) mass is 242 g/mol. The Morgan fingerprint density at radius 1 is 1.38 bits per heavy atom. The summed E-state index contributed by atoms with van der Waals surface area (Å²) < 4.78 is 41.3. The van der Waals surface area contributed by atoms with Gasteiger partial charge >= 0.3 is 12.1 Å². The quantitative estimate of drug-likeness (QED) is 0.701. The number of nitrogens with two attached hydrogens (primary N) is 1. The number of carbonyl (C=O) groups excluding carboxylic acids is 2. The number of halogens is 3. The van der Waals surface area contributed by atoms with Crippen LogP contribution in [0.4, 0.5) is 13.2 Å². The topological polar surface area (TPSA) is 72.6 Å². The number of methoxy groups -OCH3 is 1. The van der Waals surface area contributed by atoms with Crippen molar-refractivity contribution in [2.75, 3.05) is 20.7 Å². The van der Waals surface area contributed by atoms with Gasteiger partial charge in [-0.2, -0.15) is 13.2 Å². The van der Waals surface area contributed by atoms with Crippen LogP contribution in [0, 0.1) is 0 Å². The van der Waals surface area contributed by atoms with Crippen LogP contribution in [0.5, 0.6) is 0 Å². The highest BCUT2D eigenvalue weighted by molar-refractivity contribution is 5.89. The van der Waals surface area contributed by atoms with E-state index in [9.17, 15) is 22.8 Å². The molecule has 94 valence electrons. The molecule has 1 unspecified atom stereocenters. The molecule has 8 heteroatoms. The normalized spacial score (nSPS) is 15.2. The highest BCUT2D eigenvalue weighted by Gasteiger charge is 2.55. The highest BCUT2D eigenvalue weighted by atomic mass is 19.4. The van der Waals surface area contributed by atoms with Gasteiger partial charge < -0.3 is 15.4 Å². The van der Waals surface area contributed by atoms with Crippen molar-refractivity contribution in [1.82, 2.24) is 4.90 Å². The first-order chi connectivity index (χ1) is 7.04. The summed E-state index contributed by atoms with van der Waals surface area (Å²) in [5, 5.41) is 0. The second kappa shape index (κ2) is 4.69. The van der Waals surface area contributed by atoms with Gasteiger partial charge in [0.15, 0.2) is 5.54 Å². The van der Waals surface area contributed by atoms with Gasteiger partial charge in [0.1, 0.15) is 6.54 Å². The first kappa shape index (κ1) is 14.7. The molecule has 0 aromatic carbocycles. The van der Waals surface area contributed by atoms with Gasteiger partial charge in [0, 0.05) is 7.05 Å². The smallest absolute Gasteiger partial charge is 0.415 e. The van der Waals surface area contributed by atoms with Crippen LogP contribution in [0.2, 0.25) is 0 Å². The third kappa shape index (κ3) is 3.09. The molecule has 0 aromatic heterocycles. The van der Waals surface area contributed by atoms with Crippen molar-refractivity contribution in [2.45, 2.75) is 18.6 Å². The Kier molecular flexibility index (Phi) is 4.30. The molecule has 0 aliphatic rings. The lowest BCUT2D eigenvalue weighted by atomic mass is 10.0. The Morgan fingerprint density at radius 2 is 1.81 bits per heavy atom. The van der Waals surface area contributed by atoms with Crippen molar-refractivity contribution in [3.8, 4) is 0 Å². The molecule has 0 saturated heterocycles. The molecular formula is C8H13F3N2O3. The van der Waals surface area contributed by atoms with E-state index in [2.05, 4.69) is 4.74 Å². The van der Waals surface area contributed by atoms with Crippen molar-refractivity contribution < 1.29 is 27.5 Å². The van der Waals surface area contributed by atoms with Crippen LogP contribution >= 0.6 is 0 Å². The minimum absolute atomic E-state index is 0.545. The van der Waals surface area contributed by atoms with E-state index in [-0.39, 0.29) is 0 Å². The standard InChI is InChI=1S/C8H13F3N2O3/c1-7(12,8(9,10)11)6(15)13(2)4-5(14)16-3/h4,12H2,1-3H3. The predicted molar refractivity (Wildman–Crippen MR) is 48.3 cm³/mol. The molecule has 2 N–H and O–H groups in total. The Bertz CT molecular complexity index is 289. The predicted octanol–water partition coefficient (Wildman–Crippen LogP) is -0.103. The molecule has 0 radical (unpaired) electrons. The number of carbonyl (C=O) groups is 2. The third-order valence-electron chi connectivity index (χ3n) is 1.97. The van der Waals surface area contributed by atoms with Crippen LogP contribution in [-0.4, -0.2) is 49.2 Å². The summed E-state index contributed by atoms with van der Waals surface area (Å²) in [7, 11) is 2.10. The molecule has 0 fully saturated rings. The summed E-state index contributed by atoms with van der Waals surface area (Å²) in [6, 6.07) is 0. The Morgan fingerprint density at radius 3 is 2.12 bits per heavy atom. The summed E-state index contributed by atoms with van der Waals surface area (Å²) in [6.07, 6.45) is -4.88. The fraction of sp³-hybridized carbons (Fsp3) is 0.750. The van der Waals surface area contributed by atoms with E-state index >= 15 is 0 Å². The van der Waals surface area contributed by atoms with Crippen molar-refractivity contribution >= 4 is 11.9 Å². The highest BCUT2D eigenvalue weighted by Crippen LogP contribution is 2.29. The molecule has 0 rings (SSSR count). The number of esters is 1. The molecular weight excluding hydrogens is 229 g/mol. The minimum Gasteiger partial charge on any atom is -0.468 e. The van der Waals surface area contributed by atoms with E-state index in [1.807, 2.05) is 0 Å². The first-order valence-corrected chi connectivity index (χ1v) is 4.22. The number of amides is 1. The molecule has 5 nitrogen and oxygen atoms in total. The SMILES string of the molecule is COC(=O)CN(C)C(=O)C(C)(N)C(F)(F)F. The zero-order valence-corrected chi connectivity index (χ0v) is 9.09. The molecule has 0 aromatic rings. The average Bonchev–Trinajstić information content (AvgIpc) is 2.14. The maximum atomic E-state index is 12.4. The molecule has 0 saturated carbocycles. The van der Waals surface area contributed by atoms with E-state index in [4.69, 9.17) is 5.73 Å². The van der Waals surface area contributed by atoms with Gasteiger partial charge in [0.2, 0.25) is 0 Å². The summed E-state index contributed by atoms with van der Waals surface area (Å²) in [6.45, 7) is -0.0404. The minimum atomic E-state index is -4.88. The Hall–Kier alpha value is -1.31. The fourth-order valence-corrected chi connectivity index (χ4v) is 0.848. The number of nitrogens with zero attached hydrogens (tertiary/aromatic N) is 1. The third-order valence-corrected chi connectivity index (χ3v) is 1.97. The van der Waals surface area contributed by atoms with E-state index < -0.39 is 30.1 Å². The van der Waals surface area contributed by atoms with E-state index in [0.29, 0.717) is 11.8 Å². The van der Waals surface area contributed by atoms with Gasteiger partial charge in [-0.25, -0.2) is 0 Å². The molecule has 1 amide bonds. The number of likely N-dealkylation sites (N-methyl/N-ethyl adjacent to an activating group) is 1. The summed E-state index contributed by atoms with van der Waals surface area (Å²) in [5.41, 5.74) is 1.87. The molecule has 0 aliphatic carbocycles. The van der Waals surface area contributed by atoms with Crippen LogP contribution in [-0.2, 0) is 14.3 Å². The lowest BCUT2D eigenvalue weighted by Crippen LogP contribution is -2.62. The van der Waals surface area contributed by atoms with Crippen LogP contribution in [0.1, 0.15) is 6.92 Å². The van der Waals surface area contributed by atoms with Gasteiger partial charge in [0.25, 0.3) is 5.91 Å². The molecule has 0 spiro atoms. The lowest BCUT2D eigenvalue weighted by molar-refractivity contribution is -0.193. The van der Waals surface area contributed by atoms with Crippen LogP contribution in [0.15, 0.2) is 0 Å². The van der Waals surface area contributed by atoms with Crippen LogP contribution < -0.4 is 5.73 Å². The van der Waals surface area contributed by atoms with Gasteiger partial charge in [-0.3, -0.25) is 9.59 Å². The summed E-state index contributed by atoms with van der Waals surface area (Å²) >= 11 is 0. The average molecular weight is 242 g/mol. The molecule has 1 atom stereocenters. The Labute approximate surface area is 90.3 Å². The van der Waals surface area contributed by atoms with Gasteiger partial charge in [-0.1, -0.05) is 0 Å². The number of hydrogen-bond acceptors (Lipinski definition) is 4. The van der Waals surface area contributed by atoms with E-state index in [0.717, 1.165) is 14.2 Å². The van der Waals surface area contributed by atoms with Gasteiger partial charge in [-0.15, -0.1) is 0 Å². The van der Waals surface area contributed by atoms with Crippen molar-refractivity contribution in [3.05, 3.63) is 0 Å². The lowest BCUT2D eigenvalue weighted by Gasteiger charge is -2.30.